The molecule has 3 heteroatoms. The minimum atomic E-state index is -0.179. The van der Waals surface area contributed by atoms with E-state index in [9.17, 15) is 4.79 Å². The Labute approximate surface area is 73.2 Å². The summed E-state index contributed by atoms with van der Waals surface area (Å²) in [4.78, 5) is 11.1. The fourth-order valence-electron chi connectivity index (χ4n) is 1.34. The van der Waals surface area contributed by atoms with Crippen molar-refractivity contribution in [2.45, 2.75) is 51.2 Å². The van der Waals surface area contributed by atoms with Gasteiger partial charge in [0, 0.05) is 12.5 Å². The van der Waals surface area contributed by atoms with Crippen molar-refractivity contribution in [3.05, 3.63) is 0 Å². The van der Waals surface area contributed by atoms with Crippen LogP contribution in [0.4, 0.5) is 0 Å². The smallest absolute Gasteiger partial charge is 0.220 e. The molecule has 0 radical (unpaired) electrons. The predicted octanol–water partition coefficient (Wildman–Crippen LogP) is 0.816. The lowest BCUT2D eigenvalue weighted by Crippen LogP contribution is -2.46. The van der Waals surface area contributed by atoms with Gasteiger partial charge in [-0.15, -0.1) is 0 Å². The molecule has 0 unspecified atom stereocenters. The Morgan fingerprint density at radius 2 is 2.25 bits per heavy atom. The monoisotopic (exact) mass is 171 g/mol. The number of aliphatic hydroxyl groups is 1. The maximum atomic E-state index is 11.1. The third-order valence-corrected chi connectivity index (χ3v) is 2.24. The van der Waals surface area contributed by atoms with E-state index in [2.05, 4.69) is 12.2 Å². The van der Waals surface area contributed by atoms with Gasteiger partial charge in [0.15, 0.2) is 0 Å². The summed E-state index contributed by atoms with van der Waals surface area (Å²) < 4.78 is 0. The van der Waals surface area contributed by atoms with Crippen LogP contribution in [0.25, 0.3) is 0 Å². The molecular formula is C9H17NO2. The Kier molecular flexibility index (Phi) is 3.53. The molecule has 0 bridgehead atoms. The van der Waals surface area contributed by atoms with Crippen molar-refractivity contribution >= 4 is 5.91 Å². The minimum Gasteiger partial charge on any atom is -0.393 e. The molecule has 0 atom stereocenters. The first-order chi connectivity index (χ1) is 5.72. The molecule has 0 heterocycles. The van der Waals surface area contributed by atoms with Crippen LogP contribution in [-0.4, -0.2) is 23.2 Å². The number of carbonyl (C=O) groups excluding carboxylic acids is 1. The topological polar surface area (TPSA) is 49.3 Å². The number of amides is 1. The summed E-state index contributed by atoms with van der Waals surface area (Å²) in [6, 6.07) is 0.240. The summed E-state index contributed by atoms with van der Waals surface area (Å²) in [5.74, 6) is 0.133. The summed E-state index contributed by atoms with van der Waals surface area (Å²) in [6.45, 7) is 2.07. The van der Waals surface area contributed by atoms with Crippen molar-refractivity contribution in [2.75, 3.05) is 0 Å². The Bertz CT molecular complexity index is 153. The van der Waals surface area contributed by atoms with E-state index in [-0.39, 0.29) is 18.1 Å². The summed E-state index contributed by atoms with van der Waals surface area (Å²) in [5, 5.41) is 11.8. The van der Waals surface area contributed by atoms with Gasteiger partial charge in [0.1, 0.15) is 0 Å². The fraction of sp³-hybridized carbons (Fsp3) is 0.889. The molecule has 1 saturated carbocycles. The molecule has 0 aromatic rings. The summed E-state index contributed by atoms with van der Waals surface area (Å²) in [6.07, 6.45) is 3.93. The number of carbonyl (C=O) groups is 1. The predicted molar refractivity (Wildman–Crippen MR) is 46.7 cm³/mol. The lowest BCUT2D eigenvalue weighted by molar-refractivity contribution is -0.123. The average molecular weight is 171 g/mol. The second kappa shape index (κ2) is 4.45. The van der Waals surface area contributed by atoms with Gasteiger partial charge in [-0.2, -0.15) is 0 Å². The van der Waals surface area contributed by atoms with Gasteiger partial charge in [-0.3, -0.25) is 4.79 Å². The maximum Gasteiger partial charge on any atom is 0.220 e. The zero-order valence-corrected chi connectivity index (χ0v) is 7.55. The Balaban J connectivity index is 2.03. The second-order valence-electron chi connectivity index (χ2n) is 3.49. The summed E-state index contributed by atoms with van der Waals surface area (Å²) in [7, 11) is 0. The van der Waals surface area contributed by atoms with Crippen LogP contribution < -0.4 is 5.32 Å². The zero-order valence-electron chi connectivity index (χ0n) is 7.55. The number of rotatable bonds is 4. The molecule has 70 valence electrons. The van der Waals surface area contributed by atoms with Gasteiger partial charge < -0.3 is 10.4 Å². The SMILES string of the molecule is CCCCC(=O)NC1CC(O)C1. The Morgan fingerprint density at radius 1 is 1.58 bits per heavy atom. The van der Waals surface area contributed by atoms with Crippen molar-refractivity contribution in [3.8, 4) is 0 Å². The van der Waals surface area contributed by atoms with Gasteiger partial charge in [0.25, 0.3) is 0 Å². The van der Waals surface area contributed by atoms with Crippen LogP contribution in [0.1, 0.15) is 39.0 Å². The Hall–Kier alpha value is -0.570. The first-order valence-corrected chi connectivity index (χ1v) is 4.69. The molecule has 1 fully saturated rings. The quantitative estimate of drug-likeness (QED) is 0.657. The average Bonchev–Trinajstić information content (AvgIpc) is 1.98. The van der Waals surface area contributed by atoms with Crippen molar-refractivity contribution in [2.24, 2.45) is 0 Å². The number of hydrogen-bond acceptors (Lipinski definition) is 2. The highest BCUT2D eigenvalue weighted by molar-refractivity contribution is 5.76. The normalized spacial score (nSPS) is 27.8. The molecule has 0 aliphatic heterocycles. The van der Waals surface area contributed by atoms with E-state index >= 15 is 0 Å². The van der Waals surface area contributed by atoms with Gasteiger partial charge in [-0.05, 0) is 19.3 Å². The van der Waals surface area contributed by atoms with E-state index in [0.717, 1.165) is 25.7 Å². The van der Waals surface area contributed by atoms with Gasteiger partial charge in [0.2, 0.25) is 5.91 Å². The second-order valence-corrected chi connectivity index (χ2v) is 3.49. The van der Waals surface area contributed by atoms with E-state index in [1.807, 2.05) is 0 Å². The van der Waals surface area contributed by atoms with Gasteiger partial charge >= 0.3 is 0 Å². The lowest BCUT2D eigenvalue weighted by Gasteiger charge is -2.31. The number of nitrogens with one attached hydrogen (secondary N) is 1. The van der Waals surface area contributed by atoms with Crippen molar-refractivity contribution < 1.29 is 9.90 Å². The van der Waals surface area contributed by atoms with Gasteiger partial charge in [0.05, 0.1) is 6.10 Å². The van der Waals surface area contributed by atoms with Crippen molar-refractivity contribution in [3.63, 3.8) is 0 Å². The Morgan fingerprint density at radius 3 is 2.75 bits per heavy atom. The number of unbranched alkanes of at least 4 members (excludes halogenated alkanes) is 1. The van der Waals surface area contributed by atoms with Gasteiger partial charge in [-0.1, -0.05) is 13.3 Å². The van der Waals surface area contributed by atoms with Crippen LogP contribution in [0.2, 0.25) is 0 Å². The lowest BCUT2D eigenvalue weighted by atomic mass is 9.89. The van der Waals surface area contributed by atoms with Crippen LogP contribution in [-0.2, 0) is 4.79 Å². The van der Waals surface area contributed by atoms with Crippen LogP contribution in [0.15, 0.2) is 0 Å². The molecule has 1 amide bonds. The molecule has 2 N–H and O–H groups in total. The largest absolute Gasteiger partial charge is 0.393 e. The van der Waals surface area contributed by atoms with Crippen LogP contribution in [0, 0.1) is 0 Å². The first-order valence-electron chi connectivity index (χ1n) is 4.69. The van der Waals surface area contributed by atoms with E-state index in [1.54, 1.807) is 0 Å². The number of hydrogen-bond donors (Lipinski definition) is 2. The van der Waals surface area contributed by atoms with E-state index < -0.39 is 0 Å². The van der Waals surface area contributed by atoms with Crippen LogP contribution in [0.3, 0.4) is 0 Å². The molecule has 0 spiro atoms. The van der Waals surface area contributed by atoms with Crippen LogP contribution >= 0.6 is 0 Å². The zero-order chi connectivity index (χ0) is 8.97. The van der Waals surface area contributed by atoms with Crippen molar-refractivity contribution in [1.29, 1.82) is 0 Å². The standard InChI is InChI=1S/C9H17NO2/c1-2-3-4-9(12)10-7-5-8(11)6-7/h7-8,11H,2-6H2,1H3,(H,10,12). The third-order valence-electron chi connectivity index (χ3n) is 2.24. The first kappa shape index (κ1) is 9.52. The molecule has 0 aromatic heterocycles. The van der Waals surface area contributed by atoms with Crippen molar-refractivity contribution in [1.82, 2.24) is 5.32 Å². The van der Waals surface area contributed by atoms with E-state index in [0.29, 0.717) is 6.42 Å². The summed E-state index contributed by atoms with van der Waals surface area (Å²) >= 11 is 0. The fourth-order valence-corrected chi connectivity index (χ4v) is 1.34. The van der Waals surface area contributed by atoms with Crippen LogP contribution in [0.5, 0.6) is 0 Å². The highest BCUT2D eigenvalue weighted by Gasteiger charge is 2.27. The minimum absolute atomic E-state index is 0.133. The summed E-state index contributed by atoms with van der Waals surface area (Å²) in [5.41, 5.74) is 0. The molecule has 0 saturated heterocycles. The molecule has 12 heavy (non-hydrogen) atoms. The molecule has 1 rings (SSSR count). The molecule has 3 nitrogen and oxygen atoms in total. The highest BCUT2D eigenvalue weighted by atomic mass is 16.3. The third kappa shape index (κ3) is 2.81. The molecule has 0 aromatic carbocycles. The number of aliphatic hydroxyl groups excluding tert-OH is 1. The van der Waals surface area contributed by atoms with Gasteiger partial charge in [-0.25, -0.2) is 0 Å². The molecular weight excluding hydrogens is 154 g/mol. The molecule has 1 aliphatic rings. The molecule has 1 aliphatic carbocycles. The highest BCUT2D eigenvalue weighted by Crippen LogP contribution is 2.19. The maximum absolute atomic E-state index is 11.1. The van der Waals surface area contributed by atoms with E-state index in [4.69, 9.17) is 5.11 Å². The van der Waals surface area contributed by atoms with E-state index in [1.165, 1.54) is 0 Å².